The molecule has 0 unspecified atom stereocenters. The van der Waals surface area contributed by atoms with Crippen LogP contribution in [0.1, 0.15) is 53.2 Å². The van der Waals surface area contributed by atoms with Gasteiger partial charge in [-0.2, -0.15) is 16.8 Å². The Kier molecular flexibility index (Phi) is 12.7. The monoisotopic (exact) mass is 642 g/mol. The second-order valence-electron chi connectivity index (χ2n) is 9.14. The van der Waals surface area contributed by atoms with Crippen LogP contribution in [0.4, 0.5) is 0 Å². The highest BCUT2D eigenvalue weighted by molar-refractivity contribution is 7.85. The van der Waals surface area contributed by atoms with Gasteiger partial charge in [0, 0.05) is 11.1 Å². The number of thiazole rings is 2. The number of hydrogen-bond donors (Lipinski definition) is 6. The van der Waals surface area contributed by atoms with Gasteiger partial charge in [-0.25, -0.2) is 9.97 Å². The van der Waals surface area contributed by atoms with Crippen molar-refractivity contribution < 1.29 is 25.9 Å². The van der Waals surface area contributed by atoms with E-state index >= 15 is 0 Å². The first-order chi connectivity index (χ1) is 19.0. The molecule has 12 nitrogen and oxygen atoms in total. The van der Waals surface area contributed by atoms with Crippen molar-refractivity contribution in [3.63, 3.8) is 0 Å². The summed E-state index contributed by atoms with van der Waals surface area (Å²) in [7, 11) is -7.33. The molecule has 0 saturated carbocycles. The Balaban J connectivity index is 0.000000507. The summed E-state index contributed by atoms with van der Waals surface area (Å²) in [4.78, 5) is 9.41. The summed E-state index contributed by atoms with van der Waals surface area (Å²) in [5, 5.41) is 17.4. The predicted octanol–water partition coefficient (Wildman–Crippen LogP) is 4.22. The standard InChI is InChI=1S/C23H26N6S2.2CH4O3S/c24-22(25)14-8-10-16-18(12-14)30-20(28-16)6-4-2-1-3-5-7-21-29-17-11-9-15(23(26)27)13-19(17)31-21;2*1-5(2,3)4/h8-13H,1-7H2,(H3,24,25)(H3,26,27);2*1H3,(H,2,3,4). The van der Waals surface area contributed by atoms with E-state index in [1.165, 1.54) is 19.3 Å². The van der Waals surface area contributed by atoms with Crippen LogP contribution in [0.3, 0.4) is 0 Å². The summed E-state index contributed by atoms with van der Waals surface area (Å²) in [6, 6.07) is 11.6. The Labute approximate surface area is 247 Å². The number of amidine groups is 2. The third kappa shape index (κ3) is 13.9. The van der Waals surface area contributed by atoms with E-state index in [-0.39, 0.29) is 11.7 Å². The highest BCUT2D eigenvalue weighted by Gasteiger charge is 2.08. The Morgan fingerprint density at radius 3 is 1.34 bits per heavy atom. The van der Waals surface area contributed by atoms with Crippen LogP contribution >= 0.6 is 22.7 Å². The number of nitrogens with one attached hydrogen (secondary N) is 2. The van der Waals surface area contributed by atoms with Crippen molar-refractivity contribution in [2.24, 2.45) is 11.5 Å². The number of aryl methyl sites for hydroxylation is 2. The van der Waals surface area contributed by atoms with Crippen molar-refractivity contribution in [1.82, 2.24) is 9.97 Å². The number of hydrogen-bond acceptors (Lipinski definition) is 10. The molecule has 2 aromatic heterocycles. The van der Waals surface area contributed by atoms with Crippen LogP contribution in [0.5, 0.6) is 0 Å². The fourth-order valence-electron chi connectivity index (χ4n) is 3.58. The molecule has 0 aliphatic heterocycles. The second kappa shape index (κ2) is 15.3. The third-order valence-electron chi connectivity index (χ3n) is 5.27. The molecule has 4 aromatic rings. The first kappa shape index (κ1) is 34.2. The van der Waals surface area contributed by atoms with Crippen LogP contribution in [0.15, 0.2) is 36.4 Å². The van der Waals surface area contributed by atoms with Crippen molar-refractivity contribution in [1.29, 1.82) is 10.8 Å². The first-order valence-corrected chi connectivity index (χ1v) is 17.6. The molecule has 41 heavy (non-hydrogen) atoms. The highest BCUT2D eigenvalue weighted by Crippen LogP contribution is 2.26. The molecule has 0 radical (unpaired) electrons. The van der Waals surface area contributed by atoms with Gasteiger partial charge in [0.1, 0.15) is 11.7 Å². The Morgan fingerprint density at radius 1 is 0.707 bits per heavy atom. The summed E-state index contributed by atoms with van der Waals surface area (Å²) in [5.74, 6) is 0.201. The largest absolute Gasteiger partial charge is 0.384 e. The fraction of sp³-hybridized carbons (Fsp3) is 0.360. The predicted molar refractivity (Wildman–Crippen MR) is 167 cm³/mol. The van der Waals surface area contributed by atoms with Gasteiger partial charge in [0.2, 0.25) is 0 Å². The Bertz CT molecular complexity index is 1570. The maximum Gasteiger partial charge on any atom is 0.261 e. The van der Waals surface area contributed by atoms with E-state index in [1.54, 1.807) is 22.7 Å². The molecule has 0 fully saturated rings. The Hall–Kier alpha value is -3.02. The van der Waals surface area contributed by atoms with E-state index in [1.807, 2.05) is 36.4 Å². The second-order valence-corrected chi connectivity index (χ2v) is 14.3. The van der Waals surface area contributed by atoms with E-state index in [9.17, 15) is 16.8 Å². The van der Waals surface area contributed by atoms with E-state index in [0.29, 0.717) is 12.5 Å². The minimum atomic E-state index is -3.67. The number of aromatic nitrogens is 2. The number of nitrogens with two attached hydrogens (primary N) is 2. The lowest BCUT2D eigenvalue weighted by Crippen LogP contribution is -2.10. The van der Waals surface area contributed by atoms with Crippen LogP contribution in [0.2, 0.25) is 0 Å². The molecule has 0 spiro atoms. The van der Waals surface area contributed by atoms with E-state index in [0.717, 1.165) is 67.3 Å². The number of nitrogens with zero attached hydrogens (tertiary/aromatic N) is 2. The molecule has 4 rings (SSSR count). The number of rotatable bonds is 10. The summed E-state index contributed by atoms with van der Waals surface area (Å²) in [6.07, 6.45) is 9.37. The van der Waals surface area contributed by atoms with Crippen molar-refractivity contribution in [2.45, 2.75) is 44.9 Å². The van der Waals surface area contributed by atoms with Crippen LogP contribution in [-0.2, 0) is 33.1 Å². The van der Waals surface area contributed by atoms with Gasteiger partial charge < -0.3 is 11.5 Å². The molecular weight excluding hydrogens is 609 g/mol. The number of unbranched alkanes of at least 4 members (excludes halogenated alkanes) is 4. The maximum atomic E-state index is 9.19. The molecule has 0 aliphatic carbocycles. The summed E-state index contributed by atoms with van der Waals surface area (Å²) < 4.78 is 53.9. The molecule has 2 aromatic carbocycles. The van der Waals surface area contributed by atoms with Gasteiger partial charge in [-0.15, -0.1) is 22.7 Å². The zero-order valence-electron chi connectivity index (χ0n) is 22.6. The quantitative estimate of drug-likeness (QED) is 0.0623. The molecule has 224 valence electrons. The first-order valence-electron chi connectivity index (χ1n) is 12.3. The number of fused-ring (bicyclic) bond motifs is 2. The van der Waals surface area contributed by atoms with E-state index in [2.05, 4.69) is 0 Å². The zero-order chi connectivity index (χ0) is 30.8. The van der Waals surface area contributed by atoms with Gasteiger partial charge in [0.25, 0.3) is 20.2 Å². The molecule has 8 N–H and O–H groups in total. The molecule has 0 aliphatic rings. The SMILES string of the molecule is CS(=O)(=O)O.CS(=O)(=O)O.N=C(N)c1ccc2nc(CCCCCCCc3nc4ccc(C(=N)N)cc4s3)sc2c1. The van der Waals surface area contributed by atoms with Gasteiger partial charge in [-0.3, -0.25) is 19.9 Å². The lowest BCUT2D eigenvalue weighted by molar-refractivity contribution is 0.488. The minimum absolute atomic E-state index is 0.100. The topological polar surface area (TPSA) is 234 Å². The normalized spacial score (nSPS) is 11.4. The van der Waals surface area contributed by atoms with Crippen molar-refractivity contribution in [3.8, 4) is 0 Å². The van der Waals surface area contributed by atoms with Gasteiger partial charge in [0.15, 0.2) is 0 Å². The van der Waals surface area contributed by atoms with Gasteiger partial charge in [-0.1, -0.05) is 19.3 Å². The van der Waals surface area contributed by atoms with Crippen molar-refractivity contribution in [2.75, 3.05) is 12.5 Å². The minimum Gasteiger partial charge on any atom is -0.384 e. The summed E-state index contributed by atoms with van der Waals surface area (Å²) >= 11 is 3.42. The lowest BCUT2D eigenvalue weighted by atomic mass is 10.1. The molecule has 0 amide bonds. The molecule has 16 heteroatoms. The van der Waals surface area contributed by atoms with Crippen LogP contribution in [0.25, 0.3) is 20.4 Å². The smallest absolute Gasteiger partial charge is 0.261 e. The van der Waals surface area contributed by atoms with Gasteiger partial charge >= 0.3 is 0 Å². The lowest BCUT2D eigenvalue weighted by Gasteiger charge is -1.99. The zero-order valence-corrected chi connectivity index (χ0v) is 25.9. The maximum absolute atomic E-state index is 9.19. The average Bonchev–Trinajstić information content (AvgIpc) is 3.43. The number of nitrogen functional groups attached to an aromatic ring is 2. The summed E-state index contributed by atoms with van der Waals surface area (Å²) in [5.41, 5.74) is 14.7. The number of benzene rings is 2. The fourth-order valence-corrected chi connectivity index (χ4v) is 5.67. The van der Waals surface area contributed by atoms with Crippen molar-refractivity contribution in [3.05, 3.63) is 57.5 Å². The average molecular weight is 643 g/mol. The highest BCUT2D eigenvalue weighted by atomic mass is 32.2. The van der Waals surface area contributed by atoms with Crippen LogP contribution in [-0.4, -0.2) is 60.1 Å². The molecular formula is C25H34N6O6S4. The van der Waals surface area contributed by atoms with Crippen molar-refractivity contribution >= 4 is 75.0 Å². The van der Waals surface area contributed by atoms with E-state index < -0.39 is 20.2 Å². The molecule has 0 atom stereocenters. The third-order valence-corrected chi connectivity index (χ3v) is 7.42. The van der Waals surface area contributed by atoms with E-state index in [4.69, 9.17) is 41.4 Å². The van der Waals surface area contributed by atoms with Crippen LogP contribution < -0.4 is 11.5 Å². The molecule has 0 saturated heterocycles. The van der Waals surface area contributed by atoms with Gasteiger partial charge in [-0.05, 0) is 62.1 Å². The Morgan fingerprint density at radius 2 is 1.02 bits per heavy atom. The summed E-state index contributed by atoms with van der Waals surface area (Å²) in [6.45, 7) is 0. The molecule has 2 heterocycles. The van der Waals surface area contributed by atoms with Gasteiger partial charge in [0.05, 0.1) is 43.0 Å². The molecule has 0 bridgehead atoms. The van der Waals surface area contributed by atoms with Crippen LogP contribution in [0, 0.1) is 10.8 Å².